The maximum atomic E-state index is 5.76. The minimum absolute atomic E-state index is 0. The number of halogens is 2. The van der Waals surface area contributed by atoms with E-state index >= 15 is 0 Å². The number of rotatable bonds is 3. The Kier molecular flexibility index (Phi) is 9.61. The van der Waals surface area contributed by atoms with Gasteiger partial charge in [0, 0.05) is 12.2 Å². The molecule has 0 aliphatic heterocycles. The summed E-state index contributed by atoms with van der Waals surface area (Å²) in [6.07, 6.45) is 2.53. The summed E-state index contributed by atoms with van der Waals surface area (Å²) in [6.45, 7) is 0.609. The molecule has 4 N–H and O–H groups in total. The van der Waals surface area contributed by atoms with E-state index in [2.05, 4.69) is 4.98 Å². The molecule has 5 heteroatoms. The van der Waals surface area contributed by atoms with Crippen LogP contribution in [0.1, 0.15) is 18.2 Å². The molecule has 0 aliphatic rings. The molecule has 1 aromatic heterocycles. The quantitative estimate of drug-likeness (QED) is 0.812. The highest BCUT2D eigenvalue weighted by Crippen LogP contribution is 2.08. The van der Waals surface area contributed by atoms with Crippen molar-refractivity contribution < 1.29 is 0 Å². The zero-order valence-electron chi connectivity index (χ0n) is 7.22. The summed E-state index contributed by atoms with van der Waals surface area (Å²) in [4.78, 5) is 4.12. The molecule has 0 radical (unpaired) electrons. The number of hydrogen-bond donors (Lipinski definition) is 2. The average molecular weight is 224 g/mol. The topological polar surface area (TPSA) is 64.9 Å². The van der Waals surface area contributed by atoms with E-state index in [-0.39, 0.29) is 30.9 Å². The maximum Gasteiger partial charge on any atom is 0.0571 e. The number of nitrogens with zero attached hydrogens (tertiary/aromatic N) is 1. The van der Waals surface area contributed by atoms with Gasteiger partial charge in [0.25, 0.3) is 0 Å². The fourth-order valence-electron chi connectivity index (χ4n) is 0.923. The van der Waals surface area contributed by atoms with Crippen molar-refractivity contribution in [2.75, 3.05) is 6.54 Å². The van der Waals surface area contributed by atoms with E-state index in [4.69, 9.17) is 11.5 Å². The Hall–Kier alpha value is -0.350. The number of hydrogen-bond acceptors (Lipinski definition) is 3. The van der Waals surface area contributed by atoms with E-state index in [0.29, 0.717) is 6.54 Å². The molecule has 0 bridgehead atoms. The van der Waals surface area contributed by atoms with Gasteiger partial charge < -0.3 is 11.5 Å². The Balaban J connectivity index is 0. The van der Waals surface area contributed by atoms with Gasteiger partial charge in [0.15, 0.2) is 0 Å². The van der Waals surface area contributed by atoms with Gasteiger partial charge in [0.1, 0.15) is 0 Å². The molecule has 0 amide bonds. The van der Waals surface area contributed by atoms with Crippen molar-refractivity contribution in [3.8, 4) is 0 Å². The summed E-state index contributed by atoms with van der Waals surface area (Å²) < 4.78 is 0. The highest BCUT2D eigenvalue weighted by molar-refractivity contribution is 5.85. The molecule has 0 aromatic carbocycles. The summed E-state index contributed by atoms with van der Waals surface area (Å²) in [5, 5.41) is 0. The molecule has 1 unspecified atom stereocenters. The summed E-state index contributed by atoms with van der Waals surface area (Å²) in [7, 11) is 0. The van der Waals surface area contributed by atoms with Crippen LogP contribution in [0.15, 0.2) is 24.4 Å². The molecule has 1 rings (SSSR count). The van der Waals surface area contributed by atoms with Gasteiger partial charge in [-0.15, -0.1) is 24.8 Å². The van der Waals surface area contributed by atoms with Crippen LogP contribution in [-0.2, 0) is 0 Å². The standard InChI is InChI=1S/C8H13N3.2ClH/c9-5-4-7(10)8-3-1-2-6-11-8;;/h1-3,6-7H,4-5,9-10H2;2*1H. The second-order valence-electron chi connectivity index (χ2n) is 2.44. The molecule has 0 saturated heterocycles. The lowest BCUT2D eigenvalue weighted by Crippen LogP contribution is -2.16. The molecule has 3 nitrogen and oxygen atoms in total. The van der Waals surface area contributed by atoms with Crippen LogP contribution in [0.4, 0.5) is 0 Å². The Morgan fingerprint density at radius 2 is 2.00 bits per heavy atom. The van der Waals surface area contributed by atoms with Crippen LogP contribution in [-0.4, -0.2) is 11.5 Å². The van der Waals surface area contributed by atoms with Crippen molar-refractivity contribution in [3.05, 3.63) is 30.1 Å². The fourth-order valence-corrected chi connectivity index (χ4v) is 0.923. The highest BCUT2D eigenvalue weighted by Gasteiger charge is 2.03. The minimum Gasteiger partial charge on any atom is -0.330 e. The van der Waals surface area contributed by atoms with Crippen molar-refractivity contribution in [1.82, 2.24) is 4.98 Å². The van der Waals surface area contributed by atoms with E-state index in [9.17, 15) is 0 Å². The van der Waals surface area contributed by atoms with Crippen molar-refractivity contribution in [1.29, 1.82) is 0 Å². The summed E-state index contributed by atoms with van der Waals surface area (Å²) in [6, 6.07) is 5.71. The van der Waals surface area contributed by atoms with Gasteiger partial charge in [-0.25, -0.2) is 0 Å². The van der Waals surface area contributed by atoms with Gasteiger partial charge in [0.2, 0.25) is 0 Å². The van der Waals surface area contributed by atoms with E-state index in [1.807, 2.05) is 18.2 Å². The van der Waals surface area contributed by atoms with Gasteiger partial charge >= 0.3 is 0 Å². The monoisotopic (exact) mass is 223 g/mol. The molecule has 1 atom stereocenters. The number of aromatic nitrogens is 1. The van der Waals surface area contributed by atoms with Gasteiger partial charge in [-0.3, -0.25) is 4.98 Å². The first kappa shape index (κ1) is 15.1. The second-order valence-corrected chi connectivity index (χ2v) is 2.44. The lowest BCUT2D eigenvalue weighted by atomic mass is 10.1. The molecule has 76 valence electrons. The smallest absolute Gasteiger partial charge is 0.0571 e. The Labute approximate surface area is 90.7 Å². The molecule has 1 heterocycles. The molecule has 0 spiro atoms. The van der Waals surface area contributed by atoms with Gasteiger partial charge in [-0.2, -0.15) is 0 Å². The van der Waals surface area contributed by atoms with Crippen LogP contribution < -0.4 is 11.5 Å². The van der Waals surface area contributed by atoms with Crippen molar-refractivity contribution in [2.45, 2.75) is 12.5 Å². The van der Waals surface area contributed by atoms with Crippen LogP contribution in [0.25, 0.3) is 0 Å². The number of nitrogens with two attached hydrogens (primary N) is 2. The Bertz CT molecular complexity index is 206. The van der Waals surface area contributed by atoms with E-state index in [0.717, 1.165) is 12.1 Å². The van der Waals surface area contributed by atoms with Gasteiger partial charge in [-0.05, 0) is 25.1 Å². The average Bonchev–Trinajstić information content (AvgIpc) is 2.07. The highest BCUT2D eigenvalue weighted by atomic mass is 35.5. The maximum absolute atomic E-state index is 5.76. The normalized spacial score (nSPS) is 10.9. The third-order valence-electron chi connectivity index (χ3n) is 1.55. The fraction of sp³-hybridized carbons (Fsp3) is 0.375. The predicted octanol–water partition coefficient (Wildman–Crippen LogP) is 1.27. The third-order valence-corrected chi connectivity index (χ3v) is 1.55. The van der Waals surface area contributed by atoms with Crippen LogP contribution in [0.2, 0.25) is 0 Å². The molecule has 0 fully saturated rings. The van der Waals surface area contributed by atoms with Crippen molar-refractivity contribution >= 4 is 24.8 Å². The first-order valence-electron chi connectivity index (χ1n) is 3.71. The van der Waals surface area contributed by atoms with Crippen molar-refractivity contribution in [2.24, 2.45) is 11.5 Å². The zero-order valence-corrected chi connectivity index (χ0v) is 8.85. The van der Waals surface area contributed by atoms with Crippen LogP contribution in [0.3, 0.4) is 0 Å². The van der Waals surface area contributed by atoms with Gasteiger partial charge in [0.05, 0.1) is 5.69 Å². The minimum atomic E-state index is -0.0128. The van der Waals surface area contributed by atoms with E-state index in [1.54, 1.807) is 6.20 Å². The summed E-state index contributed by atoms with van der Waals surface area (Å²) >= 11 is 0. The first-order valence-corrected chi connectivity index (χ1v) is 3.71. The predicted molar refractivity (Wildman–Crippen MR) is 59.3 cm³/mol. The van der Waals surface area contributed by atoms with E-state index < -0.39 is 0 Å². The largest absolute Gasteiger partial charge is 0.330 e. The Morgan fingerprint density at radius 3 is 2.46 bits per heavy atom. The zero-order chi connectivity index (χ0) is 8.10. The van der Waals surface area contributed by atoms with E-state index in [1.165, 1.54) is 0 Å². The lowest BCUT2D eigenvalue weighted by molar-refractivity contribution is 0.643. The summed E-state index contributed by atoms with van der Waals surface area (Å²) in [5.74, 6) is 0. The second kappa shape index (κ2) is 8.26. The van der Waals surface area contributed by atoms with Crippen molar-refractivity contribution in [3.63, 3.8) is 0 Å². The molecule has 0 saturated carbocycles. The van der Waals surface area contributed by atoms with Crippen LogP contribution in [0, 0.1) is 0 Å². The molecular formula is C8H15Cl2N3. The molecular weight excluding hydrogens is 209 g/mol. The first-order chi connectivity index (χ1) is 5.34. The molecule has 1 aromatic rings. The van der Waals surface area contributed by atoms with Crippen LogP contribution >= 0.6 is 24.8 Å². The lowest BCUT2D eigenvalue weighted by Gasteiger charge is -2.07. The SMILES string of the molecule is Cl.Cl.NCCC(N)c1ccccn1. The third kappa shape index (κ3) is 5.05. The van der Waals surface area contributed by atoms with Crippen LogP contribution in [0.5, 0.6) is 0 Å². The Morgan fingerprint density at radius 1 is 1.31 bits per heavy atom. The summed E-state index contributed by atoms with van der Waals surface area (Å²) in [5.41, 5.74) is 12.0. The molecule has 13 heavy (non-hydrogen) atoms. The van der Waals surface area contributed by atoms with Gasteiger partial charge in [-0.1, -0.05) is 6.07 Å². The number of pyridine rings is 1. The molecule has 0 aliphatic carbocycles.